The molecule has 5 rings (SSSR count). The lowest BCUT2D eigenvalue weighted by atomic mass is 10.0. The summed E-state index contributed by atoms with van der Waals surface area (Å²) in [7, 11) is 1.63. The van der Waals surface area contributed by atoms with Gasteiger partial charge in [0.2, 0.25) is 11.9 Å². The van der Waals surface area contributed by atoms with Crippen LogP contribution in [0.5, 0.6) is 5.75 Å². The summed E-state index contributed by atoms with van der Waals surface area (Å²) in [5.41, 5.74) is 5.26. The van der Waals surface area contributed by atoms with Crippen molar-refractivity contribution in [2.24, 2.45) is 0 Å². The van der Waals surface area contributed by atoms with Gasteiger partial charge in [-0.1, -0.05) is 23.7 Å². The fraction of sp³-hybridized carbons (Fsp3) is 0.259. The number of anilines is 5. The minimum absolute atomic E-state index is 0.130. The molecule has 0 aliphatic carbocycles. The quantitative estimate of drug-likeness (QED) is 0.275. The Bertz CT molecular complexity index is 1450. The van der Waals surface area contributed by atoms with E-state index < -0.39 is 0 Å². The largest absolute Gasteiger partial charge is 0.494 e. The number of aryl methyl sites for hydroxylation is 1. The molecule has 1 aliphatic rings. The van der Waals surface area contributed by atoms with Gasteiger partial charge in [0.1, 0.15) is 16.6 Å². The van der Waals surface area contributed by atoms with Crippen molar-refractivity contribution in [3.8, 4) is 17.1 Å². The van der Waals surface area contributed by atoms with Gasteiger partial charge in [-0.2, -0.15) is 4.98 Å². The summed E-state index contributed by atoms with van der Waals surface area (Å²) >= 11 is 6.47. The molecule has 0 atom stereocenters. The summed E-state index contributed by atoms with van der Waals surface area (Å²) in [5.74, 6) is 2.36. The molecule has 0 fully saturated rings. The molecular formula is C27H28ClN7O2. The fourth-order valence-corrected chi connectivity index (χ4v) is 4.73. The standard InChI is InChI=1S/C27H28ClN7O2/c1-4-35-22-13-12-21(24(37-3)18(22)9-7-11-23(35)36)33-27-30-15-19(28)26(34-27)32-20-10-6-5-8-17(20)25-29-14-16(2)31-25/h5-6,8,10,12-15H,4,7,9,11H2,1-3H3,(H,29,31)(H2,30,32,33,34). The number of aromatic nitrogens is 4. The van der Waals surface area contributed by atoms with Gasteiger partial charge in [0.25, 0.3) is 0 Å². The number of para-hydroxylation sites is 1. The summed E-state index contributed by atoms with van der Waals surface area (Å²) in [5, 5.41) is 6.97. The van der Waals surface area contributed by atoms with Crippen molar-refractivity contribution in [1.29, 1.82) is 0 Å². The van der Waals surface area contributed by atoms with E-state index in [4.69, 9.17) is 16.3 Å². The van der Waals surface area contributed by atoms with Crippen LogP contribution in [0.3, 0.4) is 0 Å². The fourth-order valence-electron chi connectivity index (χ4n) is 4.59. The van der Waals surface area contributed by atoms with E-state index in [-0.39, 0.29) is 5.91 Å². The van der Waals surface area contributed by atoms with Crippen molar-refractivity contribution in [2.45, 2.75) is 33.1 Å². The van der Waals surface area contributed by atoms with E-state index in [1.54, 1.807) is 19.5 Å². The predicted octanol–water partition coefficient (Wildman–Crippen LogP) is 6.01. The van der Waals surface area contributed by atoms with E-state index in [9.17, 15) is 4.79 Å². The zero-order chi connectivity index (χ0) is 25.9. The summed E-state index contributed by atoms with van der Waals surface area (Å²) in [4.78, 5) is 31.1. The number of hydrogen-bond donors (Lipinski definition) is 3. The van der Waals surface area contributed by atoms with Crippen molar-refractivity contribution < 1.29 is 9.53 Å². The molecule has 1 amide bonds. The first kappa shape index (κ1) is 24.6. The molecule has 0 radical (unpaired) electrons. The highest BCUT2D eigenvalue weighted by atomic mass is 35.5. The van der Waals surface area contributed by atoms with Crippen molar-refractivity contribution >= 4 is 46.3 Å². The van der Waals surface area contributed by atoms with Gasteiger partial charge in [-0.3, -0.25) is 4.79 Å². The minimum Gasteiger partial charge on any atom is -0.494 e. The second kappa shape index (κ2) is 10.5. The van der Waals surface area contributed by atoms with E-state index in [1.807, 2.05) is 55.1 Å². The Hall–Kier alpha value is -4.11. The van der Waals surface area contributed by atoms with Gasteiger partial charge >= 0.3 is 0 Å². The molecule has 0 saturated carbocycles. The number of hydrogen-bond acceptors (Lipinski definition) is 7. The molecule has 190 valence electrons. The number of nitrogens with one attached hydrogen (secondary N) is 3. The highest BCUT2D eigenvalue weighted by Gasteiger charge is 2.25. The molecule has 1 aliphatic heterocycles. The van der Waals surface area contributed by atoms with Crippen molar-refractivity contribution in [3.05, 3.63) is 65.1 Å². The third kappa shape index (κ3) is 4.95. The molecule has 37 heavy (non-hydrogen) atoms. The van der Waals surface area contributed by atoms with Crippen LogP contribution in [0.2, 0.25) is 5.02 Å². The molecule has 3 N–H and O–H groups in total. The lowest BCUT2D eigenvalue weighted by Gasteiger charge is -2.24. The monoisotopic (exact) mass is 517 g/mol. The number of nitrogens with zero attached hydrogens (tertiary/aromatic N) is 4. The van der Waals surface area contributed by atoms with Crippen molar-refractivity contribution in [1.82, 2.24) is 19.9 Å². The highest BCUT2D eigenvalue weighted by molar-refractivity contribution is 6.33. The lowest BCUT2D eigenvalue weighted by molar-refractivity contribution is -0.118. The van der Waals surface area contributed by atoms with E-state index in [0.717, 1.165) is 46.9 Å². The highest BCUT2D eigenvalue weighted by Crippen LogP contribution is 2.40. The molecule has 4 aromatic rings. The number of ether oxygens (including phenoxy) is 1. The second-order valence-electron chi connectivity index (χ2n) is 8.74. The Morgan fingerprint density at radius 3 is 2.68 bits per heavy atom. The summed E-state index contributed by atoms with van der Waals surface area (Å²) in [6.07, 6.45) is 5.36. The van der Waals surface area contributed by atoms with Gasteiger partial charge in [-0.15, -0.1) is 0 Å². The average molecular weight is 518 g/mol. The Morgan fingerprint density at radius 2 is 1.92 bits per heavy atom. The first-order valence-electron chi connectivity index (χ1n) is 12.2. The Balaban J connectivity index is 1.46. The molecule has 10 heteroatoms. The van der Waals surface area contributed by atoms with Gasteiger partial charge in [0, 0.05) is 36.0 Å². The van der Waals surface area contributed by atoms with Crippen LogP contribution in [0.15, 0.2) is 48.8 Å². The van der Waals surface area contributed by atoms with Crippen molar-refractivity contribution in [3.63, 3.8) is 0 Å². The minimum atomic E-state index is 0.130. The van der Waals surface area contributed by atoms with Crippen LogP contribution in [0.1, 0.15) is 31.0 Å². The Kier molecular flexibility index (Phi) is 6.96. The third-order valence-corrected chi connectivity index (χ3v) is 6.57. The molecule has 2 aromatic carbocycles. The number of imidazole rings is 1. The van der Waals surface area contributed by atoms with Crippen LogP contribution in [0.4, 0.5) is 28.8 Å². The third-order valence-electron chi connectivity index (χ3n) is 6.29. The zero-order valence-corrected chi connectivity index (χ0v) is 21.7. The maximum absolute atomic E-state index is 12.5. The van der Waals surface area contributed by atoms with Crippen LogP contribution in [-0.2, 0) is 11.2 Å². The number of benzene rings is 2. The molecule has 2 aromatic heterocycles. The van der Waals surface area contributed by atoms with E-state index in [2.05, 4.69) is 30.6 Å². The topological polar surface area (TPSA) is 108 Å². The van der Waals surface area contributed by atoms with E-state index >= 15 is 0 Å². The van der Waals surface area contributed by atoms with Gasteiger partial charge in [-0.25, -0.2) is 9.97 Å². The number of methoxy groups -OCH3 is 1. The first-order valence-corrected chi connectivity index (χ1v) is 12.5. The van der Waals surface area contributed by atoms with Gasteiger partial charge < -0.3 is 25.3 Å². The number of aromatic amines is 1. The molecular weight excluding hydrogens is 490 g/mol. The summed E-state index contributed by atoms with van der Waals surface area (Å²) in [6, 6.07) is 11.6. The molecule has 0 spiro atoms. The number of halogens is 1. The maximum Gasteiger partial charge on any atom is 0.229 e. The van der Waals surface area contributed by atoms with Crippen LogP contribution in [0.25, 0.3) is 11.4 Å². The lowest BCUT2D eigenvalue weighted by Crippen LogP contribution is -2.29. The van der Waals surface area contributed by atoms with Crippen LogP contribution < -0.4 is 20.3 Å². The van der Waals surface area contributed by atoms with Gasteiger partial charge in [0.05, 0.1) is 30.4 Å². The second-order valence-corrected chi connectivity index (χ2v) is 9.14. The molecule has 0 bridgehead atoms. The van der Waals surface area contributed by atoms with Gasteiger partial charge in [-0.05, 0) is 51.0 Å². The molecule has 0 unspecified atom stereocenters. The number of H-pyrrole nitrogens is 1. The average Bonchev–Trinajstić information content (AvgIpc) is 3.26. The molecule has 3 heterocycles. The molecule has 9 nitrogen and oxygen atoms in total. The Labute approximate surface area is 220 Å². The number of rotatable bonds is 7. The molecule has 0 saturated heterocycles. The zero-order valence-electron chi connectivity index (χ0n) is 20.9. The van der Waals surface area contributed by atoms with E-state index in [1.165, 1.54) is 0 Å². The summed E-state index contributed by atoms with van der Waals surface area (Å²) in [6.45, 7) is 4.54. The van der Waals surface area contributed by atoms with Gasteiger partial charge in [0.15, 0.2) is 5.82 Å². The Morgan fingerprint density at radius 1 is 1.08 bits per heavy atom. The van der Waals surface area contributed by atoms with Crippen LogP contribution in [-0.4, -0.2) is 39.5 Å². The predicted molar refractivity (Wildman–Crippen MR) is 146 cm³/mol. The van der Waals surface area contributed by atoms with Crippen molar-refractivity contribution in [2.75, 3.05) is 29.2 Å². The number of amides is 1. The summed E-state index contributed by atoms with van der Waals surface area (Å²) < 4.78 is 5.81. The SMILES string of the molecule is CCN1C(=O)CCCc2c1ccc(Nc1ncc(Cl)c(Nc3ccccc3-c3ncc(C)[nH]3)n1)c2OC. The number of carbonyl (C=O) groups excluding carboxylic acids is 1. The number of fused-ring (bicyclic) bond motifs is 1. The maximum atomic E-state index is 12.5. The van der Waals surface area contributed by atoms with E-state index in [0.29, 0.717) is 41.2 Å². The number of carbonyl (C=O) groups is 1. The smallest absolute Gasteiger partial charge is 0.229 e. The van der Waals surface area contributed by atoms with Crippen LogP contribution in [0, 0.1) is 6.92 Å². The normalized spacial score (nSPS) is 13.2. The first-order chi connectivity index (χ1) is 18.0. The van der Waals surface area contributed by atoms with Crippen LogP contribution >= 0.6 is 11.6 Å².